The molecule has 1 atom stereocenters. The van der Waals surface area contributed by atoms with Crippen LogP contribution in [0.1, 0.15) is 21.8 Å². The van der Waals surface area contributed by atoms with E-state index in [1.165, 1.54) is 4.90 Å². The third kappa shape index (κ3) is 2.94. The lowest BCUT2D eigenvalue weighted by Crippen LogP contribution is -2.41. The second kappa shape index (κ2) is 5.42. The Morgan fingerprint density at radius 3 is 2.80 bits per heavy atom. The molecule has 0 radical (unpaired) electrons. The molecule has 2 rings (SSSR count). The van der Waals surface area contributed by atoms with E-state index in [0.717, 1.165) is 11.3 Å². The highest BCUT2D eigenvalue weighted by atomic mass is 32.2. The average molecular weight is 313 g/mol. The van der Waals surface area contributed by atoms with Crippen molar-refractivity contribution in [3.05, 3.63) is 10.6 Å². The maximum absolute atomic E-state index is 12.5. The van der Waals surface area contributed by atoms with Crippen LogP contribution in [0.15, 0.2) is 0 Å². The molecular weight excluding hydrogens is 298 g/mol. The fourth-order valence-electron chi connectivity index (χ4n) is 2.23. The van der Waals surface area contributed by atoms with Crippen molar-refractivity contribution in [3.63, 3.8) is 0 Å². The van der Waals surface area contributed by atoms with Gasteiger partial charge in [0.1, 0.15) is 4.88 Å². The Kier molecular flexibility index (Phi) is 4.01. The van der Waals surface area contributed by atoms with Gasteiger partial charge in [-0.15, -0.1) is 6.42 Å². The Hall–Kier alpha value is -1.59. The van der Waals surface area contributed by atoms with Crippen LogP contribution in [0.3, 0.4) is 0 Å². The lowest BCUT2D eigenvalue weighted by atomic mass is 10.2. The maximum atomic E-state index is 12.5. The highest BCUT2D eigenvalue weighted by molar-refractivity contribution is 7.91. The predicted molar refractivity (Wildman–Crippen MR) is 78.2 cm³/mol. The Bertz CT molecular complexity index is 673. The molecule has 1 saturated heterocycles. The van der Waals surface area contributed by atoms with Crippen molar-refractivity contribution in [1.29, 1.82) is 0 Å². The van der Waals surface area contributed by atoms with E-state index in [1.54, 1.807) is 6.92 Å². The van der Waals surface area contributed by atoms with Crippen molar-refractivity contribution >= 4 is 32.2 Å². The Labute approximate surface area is 121 Å². The van der Waals surface area contributed by atoms with Crippen LogP contribution in [0.5, 0.6) is 0 Å². The molecule has 0 bridgehead atoms. The molecule has 6 nitrogen and oxygen atoms in total. The number of carbonyl (C=O) groups excluding carboxylic acids is 1. The first-order valence-electron chi connectivity index (χ1n) is 6.02. The standard InChI is InChI=1S/C12H15N3O3S2/c1-3-5-15(9-4-6-20(17,18)7-9)11(16)10-8(2)14-12(13)19-10/h1,9H,4-7H2,2H3,(H2,13,14). The van der Waals surface area contributed by atoms with E-state index < -0.39 is 9.84 Å². The van der Waals surface area contributed by atoms with Crippen LogP contribution in [0.2, 0.25) is 0 Å². The highest BCUT2D eigenvalue weighted by Gasteiger charge is 2.35. The summed E-state index contributed by atoms with van der Waals surface area (Å²) in [5.74, 6) is 2.18. The summed E-state index contributed by atoms with van der Waals surface area (Å²) >= 11 is 1.09. The Morgan fingerprint density at radius 1 is 1.65 bits per heavy atom. The molecule has 1 aromatic rings. The van der Waals surface area contributed by atoms with Crippen molar-refractivity contribution in [2.45, 2.75) is 19.4 Å². The zero-order valence-corrected chi connectivity index (χ0v) is 12.6. The van der Waals surface area contributed by atoms with Crippen molar-refractivity contribution in [1.82, 2.24) is 9.88 Å². The van der Waals surface area contributed by atoms with Crippen molar-refractivity contribution in [2.75, 3.05) is 23.8 Å². The molecule has 1 fully saturated rings. The van der Waals surface area contributed by atoms with E-state index in [0.29, 0.717) is 22.1 Å². The molecule has 1 unspecified atom stereocenters. The molecular formula is C12H15N3O3S2. The molecule has 1 amide bonds. The van der Waals surface area contributed by atoms with Gasteiger partial charge in [0.15, 0.2) is 15.0 Å². The SMILES string of the molecule is C#CCN(C(=O)c1sc(N)nc1C)C1CCS(=O)(=O)C1. The molecule has 108 valence electrons. The number of rotatable bonds is 3. The number of aryl methyl sites for hydroxylation is 1. The number of anilines is 1. The number of hydrogen-bond donors (Lipinski definition) is 1. The number of thiazole rings is 1. The third-order valence-electron chi connectivity index (χ3n) is 3.18. The lowest BCUT2D eigenvalue weighted by molar-refractivity contribution is 0.0728. The molecule has 20 heavy (non-hydrogen) atoms. The van der Waals surface area contributed by atoms with Crippen molar-refractivity contribution in [2.24, 2.45) is 0 Å². The molecule has 0 saturated carbocycles. The molecule has 1 aromatic heterocycles. The third-order valence-corrected chi connectivity index (χ3v) is 5.90. The van der Waals surface area contributed by atoms with E-state index in [2.05, 4.69) is 10.9 Å². The summed E-state index contributed by atoms with van der Waals surface area (Å²) in [5, 5.41) is 0.311. The van der Waals surface area contributed by atoms with Crippen LogP contribution in [-0.4, -0.2) is 48.3 Å². The summed E-state index contributed by atoms with van der Waals surface area (Å²) < 4.78 is 23.1. The van der Waals surface area contributed by atoms with Gasteiger partial charge in [0, 0.05) is 6.04 Å². The molecule has 0 spiro atoms. The fraction of sp³-hybridized carbons (Fsp3) is 0.500. The van der Waals surface area contributed by atoms with E-state index in [4.69, 9.17) is 12.2 Å². The number of carbonyl (C=O) groups is 1. The van der Waals surface area contributed by atoms with Gasteiger partial charge >= 0.3 is 0 Å². The maximum Gasteiger partial charge on any atom is 0.266 e. The summed E-state index contributed by atoms with van der Waals surface area (Å²) in [5.41, 5.74) is 6.13. The molecule has 2 N–H and O–H groups in total. The summed E-state index contributed by atoms with van der Waals surface area (Å²) in [6.07, 6.45) is 5.71. The van der Waals surface area contributed by atoms with Crippen molar-refractivity contribution < 1.29 is 13.2 Å². The minimum Gasteiger partial charge on any atom is -0.375 e. The molecule has 0 aromatic carbocycles. The highest BCUT2D eigenvalue weighted by Crippen LogP contribution is 2.25. The summed E-state index contributed by atoms with van der Waals surface area (Å²) in [6, 6.07) is -0.369. The molecule has 1 aliphatic rings. The number of hydrogen-bond acceptors (Lipinski definition) is 6. The van der Waals surface area contributed by atoms with Gasteiger partial charge in [-0.05, 0) is 13.3 Å². The van der Waals surface area contributed by atoms with E-state index in [-0.39, 0.29) is 30.0 Å². The smallest absolute Gasteiger partial charge is 0.266 e. The van der Waals surface area contributed by atoms with Crippen LogP contribution in [0.4, 0.5) is 5.13 Å². The van der Waals surface area contributed by atoms with Gasteiger partial charge in [0.2, 0.25) is 0 Å². The fourth-order valence-corrected chi connectivity index (χ4v) is 4.75. The van der Waals surface area contributed by atoms with Gasteiger partial charge in [-0.2, -0.15) is 0 Å². The predicted octanol–water partition coefficient (Wildman–Crippen LogP) is 0.296. The number of amides is 1. The average Bonchev–Trinajstić information content (AvgIpc) is 2.88. The number of nitrogens with zero attached hydrogens (tertiary/aromatic N) is 2. The molecule has 2 heterocycles. The minimum atomic E-state index is -3.08. The van der Waals surface area contributed by atoms with Crippen LogP contribution in [-0.2, 0) is 9.84 Å². The van der Waals surface area contributed by atoms with Crippen LogP contribution < -0.4 is 5.73 Å². The molecule has 1 aliphatic heterocycles. The zero-order chi connectivity index (χ0) is 14.9. The van der Waals surface area contributed by atoms with E-state index in [9.17, 15) is 13.2 Å². The van der Waals surface area contributed by atoms with E-state index >= 15 is 0 Å². The second-order valence-corrected chi connectivity index (χ2v) is 7.92. The van der Waals surface area contributed by atoms with Gasteiger partial charge in [0.05, 0.1) is 23.7 Å². The second-order valence-electron chi connectivity index (χ2n) is 4.66. The lowest BCUT2D eigenvalue weighted by Gasteiger charge is -2.25. The van der Waals surface area contributed by atoms with Gasteiger partial charge in [-0.3, -0.25) is 4.79 Å². The topological polar surface area (TPSA) is 93.4 Å². The summed E-state index contributed by atoms with van der Waals surface area (Å²) in [7, 11) is -3.08. The van der Waals surface area contributed by atoms with Gasteiger partial charge < -0.3 is 10.6 Å². The van der Waals surface area contributed by atoms with Crippen LogP contribution >= 0.6 is 11.3 Å². The Balaban J connectivity index is 2.28. The Morgan fingerprint density at radius 2 is 2.35 bits per heavy atom. The number of nitrogens with two attached hydrogens (primary N) is 1. The quantitative estimate of drug-likeness (QED) is 0.810. The van der Waals surface area contributed by atoms with E-state index in [1.807, 2.05) is 0 Å². The normalized spacial score (nSPS) is 20.5. The van der Waals surface area contributed by atoms with Crippen LogP contribution in [0, 0.1) is 19.3 Å². The van der Waals surface area contributed by atoms with Gasteiger partial charge in [0.25, 0.3) is 5.91 Å². The van der Waals surface area contributed by atoms with Gasteiger partial charge in [-0.1, -0.05) is 17.3 Å². The molecule has 0 aliphatic carbocycles. The first-order chi connectivity index (χ1) is 9.34. The minimum absolute atomic E-state index is 0.0340. The monoisotopic (exact) mass is 313 g/mol. The number of sulfone groups is 1. The first-order valence-corrected chi connectivity index (χ1v) is 8.65. The number of aromatic nitrogens is 1. The summed E-state index contributed by atoms with van der Waals surface area (Å²) in [4.78, 5) is 18.4. The van der Waals surface area contributed by atoms with Crippen LogP contribution in [0.25, 0.3) is 0 Å². The first kappa shape index (κ1) is 14.8. The zero-order valence-electron chi connectivity index (χ0n) is 11.0. The summed E-state index contributed by atoms with van der Waals surface area (Å²) in [6.45, 7) is 1.77. The molecule has 8 heteroatoms. The largest absolute Gasteiger partial charge is 0.375 e. The number of terminal acetylenes is 1. The van der Waals surface area contributed by atoms with Gasteiger partial charge in [-0.25, -0.2) is 13.4 Å². The number of nitrogen functional groups attached to an aromatic ring is 1. The van der Waals surface area contributed by atoms with Crippen molar-refractivity contribution in [3.8, 4) is 12.3 Å².